The fourth-order valence-electron chi connectivity index (χ4n) is 2.22. The van der Waals surface area contributed by atoms with Gasteiger partial charge in [0.1, 0.15) is 5.69 Å². The minimum atomic E-state index is -0.0798. The molecule has 0 saturated heterocycles. The second-order valence-corrected chi connectivity index (χ2v) is 6.86. The zero-order valence-corrected chi connectivity index (χ0v) is 15.1. The lowest BCUT2D eigenvalue weighted by Crippen LogP contribution is -2.33. The normalized spacial score (nSPS) is 12.6. The third-order valence-corrected chi connectivity index (χ3v) is 5.12. The predicted molar refractivity (Wildman–Crippen MR) is 94.7 cm³/mol. The molecule has 1 rings (SSSR count). The molecule has 1 aromatic rings. The molecule has 120 valence electrons. The van der Waals surface area contributed by atoms with Gasteiger partial charge >= 0.3 is 0 Å². The Morgan fingerprint density at radius 1 is 1.33 bits per heavy atom. The first kappa shape index (κ1) is 18.5. The van der Waals surface area contributed by atoms with Gasteiger partial charge in [-0.25, -0.2) is 4.98 Å². The average molecular weight is 329 g/mol. The lowest BCUT2D eigenvalue weighted by atomic mass is 9.97. The SMILES string of the molecule is CCCCC(CCCC)c1nc(C(=O)NC(C)CS)cs1. The zero-order valence-electron chi connectivity index (χ0n) is 13.4. The van der Waals surface area contributed by atoms with Crippen molar-refractivity contribution in [3.63, 3.8) is 0 Å². The van der Waals surface area contributed by atoms with Crippen molar-refractivity contribution in [1.82, 2.24) is 10.3 Å². The highest BCUT2D eigenvalue weighted by molar-refractivity contribution is 7.80. The molecule has 0 aliphatic rings. The number of carbonyl (C=O) groups is 1. The van der Waals surface area contributed by atoms with Crippen molar-refractivity contribution in [2.45, 2.75) is 71.3 Å². The number of hydrogen-bond donors (Lipinski definition) is 2. The van der Waals surface area contributed by atoms with Crippen LogP contribution in [0.25, 0.3) is 0 Å². The number of unbranched alkanes of at least 4 members (excludes halogenated alkanes) is 2. The van der Waals surface area contributed by atoms with Crippen LogP contribution in [0.4, 0.5) is 0 Å². The molecule has 0 spiro atoms. The van der Waals surface area contributed by atoms with Gasteiger partial charge in [0.05, 0.1) is 5.01 Å². The highest BCUT2D eigenvalue weighted by atomic mass is 32.1. The van der Waals surface area contributed by atoms with Gasteiger partial charge in [0.2, 0.25) is 0 Å². The van der Waals surface area contributed by atoms with Crippen LogP contribution in [0.3, 0.4) is 0 Å². The second kappa shape index (κ2) is 10.2. The number of nitrogens with zero attached hydrogens (tertiary/aromatic N) is 1. The summed E-state index contributed by atoms with van der Waals surface area (Å²) in [6, 6.07) is 0.0713. The summed E-state index contributed by atoms with van der Waals surface area (Å²) in [5.74, 6) is 1.07. The monoisotopic (exact) mass is 328 g/mol. The summed E-state index contributed by atoms with van der Waals surface area (Å²) in [6.07, 6.45) is 7.23. The number of aromatic nitrogens is 1. The lowest BCUT2D eigenvalue weighted by Gasteiger charge is -2.13. The lowest BCUT2D eigenvalue weighted by molar-refractivity contribution is 0.0939. The Morgan fingerprint density at radius 2 is 1.95 bits per heavy atom. The fourth-order valence-corrected chi connectivity index (χ4v) is 3.28. The molecule has 5 heteroatoms. The van der Waals surface area contributed by atoms with Crippen LogP contribution in [-0.4, -0.2) is 22.7 Å². The van der Waals surface area contributed by atoms with Crippen molar-refractivity contribution in [1.29, 1.82) is 0 Å². The van der Waals surface area contributed by atoms with Crippen LogP contribution in [0, 0.1) is 0 Å². The van der Waals surface area contributed by atoms with Gasteiger partial charge in [-0.3, -0.25) is 4.79 Å². The third kappa shape index (κ3) is 6.39. The van der Waals surface area contributed by atoms with Crippen LogP contribution in [0.1, 0.15) is 80.7 Å². The highest BCUT2D eigenvalue weighted by Gasteiger charge is 2.18. The zero-order chi connectivity index (χ0) is 15.7. The maximum Gasteiger partial charge on any atom is 0.270 e. The van der Waals surface area contributed by atoms with Gasteiger partial charge in [0.25, 0.3) is 5.91 Å². The van der Waals surface area contributed by atoms with Crippen LogP contribution in [0.5, 0.6) is 0 Å². The van der Waals surface area contributed by atoms with E-state index in [0.29, 0.717) is 17.4 Å². The Hall–Kier alpha value is -0.550. The Labute approximate surface area is 138 Å². The van der Waals surface area contributed by atoms with Crippen molar-refractivity contribution >= 4 is 29.9 Å². The Morgan fingerprint density at radius 3 is 2.48 bits per heavy atom. The molecule has 1 aromatic heterocycles. The molecular weight excluding hydrogens is 300 g/mol. The summed E-state index contributed by atoms with van der Waals surface area (Å²) in [7, 11) is 0. The molecule has 0 aliphatic carbocycles. The summed E-state index contributed by atoms with van der Waals surface area (Å²) in [5, 5.41) is 5.93. The largest absolute Gasteiger partial charge is 0.347 e. The molecule has 0 saturated carbocycles. The van der Waals surface area contributed by atoms with E-state index in [4.69, 9.17) is 0 Å². The summed E-state index contributed by atoms with van der Waals surface area (Å²) in [4.78, 5) is 16.7. The smallest absolute Gasteiger partial charge is 0.270 e. The summed E-state index contributed by atoms with van der Waals surface area (Å²) >= 11 is 5.82. The van der Waals surface area contributed by atoms with E-state index in [9.17, 15) is 4.79 Å². The number of nitrogens with one attached hydrogen (secondary N) is 1. The number of carbonyl (C=O) groups excluding carboxylic acids is 1. The number of thiazole rings is 1. The number of rotatable bonds is 10. The maximum absolute atomic E-state index is 12.1. The van der Waals surface area contributed by atoms with Crippen LogP contribution in [-0.2, 0) is 0 Å². The van der Waals surface area contributed by atoms with E-state index in [-0.39, 0.29) is 11.9 Å². The fraction of sp³-hybridized carbons (Fsp3) is 0.750. The van der Waals surface area contributed by atoms with Crippen molar-refractivity contribution in [3.8, 4) is 0 Å². The average Bonchev–Trinajstić information content (AvgIpc) is 2.97. The van der Waals surface area contributed by atoms with Crippen molar-refractivity contribution in [3.05, 3.63) is 16.1 Å². The predicted octanol–water partition coefficient (Wildman–Crippen LogP) is 4.66. The van der Waals surface area contributed by atoms with Gasteiger partial charge in [-0.05, 0) is 19.8 Å². The molecule has 3 nitrogen and oxygen atoms in total. The number of amides is 1. The Bertz CT molecular complexity index is 412. The summed E-state index contributed by atoms with van der Waals surface area (Å²) in [6.45, 7) is 6.39. The van der Waals surface area contributed by atoms with E-state index in [1.54, 1.807) is 11.3 Å². The second-order valence-electron chi connectivity index (χ2n) is 5.61. The van der Waals surface area contributed by atoms with Crippen molar-refractivity contribution < 1.29 is 4.79 Å². The number of hydrogen-bond acceptors (Lipinski definition) is 4. The van der Waals surface area contributed by atoms with E-state index in [1.165, 1.54) is 38.5 Å². The van der Waals surface area contributed by atoms with E-state index in [1.807, 2.05) is 12.3 Å². The van der Waals surface area contributed by atoms with Crippen LogP contribution >= 0.6 is 24.0 Å². The van der Waals surface area contributed by atoms with Gasteiger partial charge in [0, 0.05) is 23.1 Å². The van der Waals surface area contributed by atoms with Gasteiger partial charge in [0.15, 0.2) is 0 Å². The van der Waals surface area contributed by atoms with Crippen molar-refractivity contribution in [2.75, 3.05) is 5.75 Å². The summed E-state index contributed by atoms with van der Waals surface area (Å²) < 4.78 is 0. The number of thiol groups is 1. The first-order chi connectivity index (χ1) is 10.1. The van der Waals surface area contributed by atoms with Crippen LogP contribution in [0.15, 0.2) is 5.38 Å². The van der Waals surface area contributed by atoms with E-state index >= 15 is 0 Å². The quantitative estimate of drug-likeness (QED) is 0.614. The topological polar surface area (TPSA) is 42.0 Å². The Kier molecular flexibility index (Phi) is 9.00. The molecule has 1 unspecified atom stereocenters. The van der Waals surface area contributed by atoms with E-state index < -0.39 is 0 Å². The van der Waals surface area contributed by atoms with Crippen molar-refractivity contribution in [2.24, 2.45) is 0 Å². The minimum absolute atomic E-state index is 0.0713. The maximum atomic E-state index is 12.1. The molecule has 1 amide bonds. The van der Waals surface area contributed by atoms with Gasteiger partial charge in [-0.15, -0.1) is 11.3 Å². The van der Waals surface area contributed by atoms with E-state index in [0.717, 1.165) is 5.01 Å². The van der Waals surface area contributed by atoms with Gasteiger partial charge < -0.3 is 5.32 Å². The standard InChI is InChI=1S/C16H28N2OS2/c1-4-6-8-13(9-7-5-2)16-18-14(11-21-16)15(19)17-12(3)10-20/h11-13,20H,4-10H2,1-3H3,(H,17,19). The molecule has 1 atom stereocenters. The van der Waals surface area contributed by atoms with Crippen LogP contribution < -0.4 is 5.32 Å². The molecule has 0 aliphatic heterocycles. The molecule has 0 radical (unpaired) electrons. The van der Waals surface area contributed by atoms with Gasteiger partial charge in [-0.2, -0.15) is 12.6 Å². The minimum Gasteiger partial charge on any atom is -0.347 e. The first-order valence-corrected chi connectivity index (χ1v) is 9.50. The third-order valence-electron chi connectivity index (χ3n) is 3.57. The molecule has 1 heterocycles. The molecule has 21 heavy (non-hydrogen) atoms. The molecule has 0 bridgehead atoms. The molecule has 1 N–H and O–H groups in total. The van der Waals surface area contributed by atoms with Gasteiger partial charge in [-0.1, -0.05) is 39.5 Å². The van der Waals surface area contributed by atoms with Crippen LogP contribution in [0.2, 0.25) is 0 Å². The first-order valence-electron chi connectivity index (χ1n) is 7.99. The molecule has 0 aromatic carbocycles. The molecule has 0 fully saturated rings. The Balaban J connectivity index is 2.70. The molecular formula is C16H28N2OS2. The summed E-state index contributed by atoms with van der Waals surface area (Å²) in [5.41, 5.74) is 0.557. The van der Waals surface area contributed by atoms with E-state index in [2.05, 4.69) is 36.8 Å². The highest BCUT2D eigenvalue weighted by Crippen LogP contribution is 2.30.